The Morgan fingerprint density at radius 3 is 2.75 bits per heavy atom. The molecule has 3 heterocycles. The first kappa shape index (κ1) is 14.0. The molecule has 0 aliphatic carbocycles. The summed E-state index contributed by atoms with van der Waals surface area (Å²) in [6.07, 6.45) is 6.48. The van der Waals surface area contributed by atoms with Crippen molar-refractivity contribution in [3.8, 4) is 0 Å². The Bertz CT molecular complexity index is 481. The van der Waals surface area contributed by atoms with Crippen molar-refractivity contribution >= 4 is 17.2 Å². The van der Waals surface area contributed by atoms with Crippen LogP contribution in [-0.2, 0) is 0 Å². The molecule has 2 fully saturated rings. The number of rotatable bonds is 3. The van der Waals surface area contributed by atoms with Crippen LogP contribution in [-0.4, -0.2) is 53.4 Å². The number of nitrogens with two attached hydrogens (primary N) is 1. The van der Waals surface area contributed by atoms with Crippen LogP contribution in [0.15, 0.2) is 6.20 Å². The number of amides is 1. The van der Waals surface area contributed by atoms with Crippen LogP contribution in [0.4, 0.5) is 0 Å². The van der Waals surface area contributed by atoms with Gasteiger partial charge in [-0.15, -0.1) is 11.3 Å². The number of hydrogen-bond donors (Lipinski definition) is 1. The normalized spacial score (nSPS) is 26.1. The fourth-order valence-corrected chi connectivity index (χ4v) is 4.30. The van der Waals surface area contributed by atoms with E-state index < -0.39 is 0 Å². The standard InChI is InChI=1S/C14H22N4OS/c1-17-7-4-10(5-8-17)18-6-2-3-11(18)14-16-9-12(20-14)13(15)19/h9-11H,2-8H2,1H3,(H2,15,19)/t11-/m0/s1. The number of carbonyl (C=O) groups is 1. The number of aromatic nitrogens is 1. The SMILES string of the molecule is CN1CCC(N2CCC[C@H]2c2ncc(C(N)=O)s2)CC1. The first-order chi connectivity index (χ1) is 9.65. The number of thiazole rings is 1. The second kappa shape index (κ2) is 5.79. The van der Waals surface area contributed by atoms with Gasteiger partial charge in [0, 0.05) is 6.04 Å². The highest BCUT2D eigenvalue weighted by molar-refractivity contribution is 7.13. The predicted molar refractivity (Wildman–Crippen MR) is 79.8 cm³/mol. The summed E-state index contributed by atoms with van der Waals surface area (Å²) in [7, 11) is 2.19. The predicted octanol–water partition coefficient (Wildman–Crippen LogP) is 1.47. The van der Waals surface area contributed by atoms with Crippen molar-refractivity contribution < 1.29 is 4.79 Å². The van der Waals surface area contributed by atoms with E-state index in [0.29, 0.717) is 17.0 Å². The highest BCUT2D eigenvalue weighted by Crippen LogP contribution is 2.37. The summed E-state index contributed by atoms with van der Waals surface area (Å²) >= 11 is 1.47. The Kier molecular flexibility index (Phi) is 4.05. The molecule has 1 aromatic heterocycles. The van der Waals surface area contributed by atoms with Crippen LogP contribution >= 0.6 is 11.3 Å². The van der Waals surface area contributed by atoms with Crippen molar-refractivity contribution in [1.82, 2.24) is 14.8 Å². The second-order valence-corrected chi connectivity index (χ2v) is 6.92. The van der Waals surface area contributed by atoms with Crippen molar-refractivity contribution in [2.75, 3.05) is 26.7 Å². The number of likely N-dealkylation sites (tertiary alicyclic amines) is 2. The molecule has 20 heavy (non-hydrogen) atoms. The van der Waals surface area contributed by atoms with Gasteiger partial charge in [-0.2, -0.15) is 0 Å². The third kappa shape index (κ3) is 2.73. The van der Waals surface area contributed by atoms with Gasteiger partial charge in [0.1, 0.15) is 9.88 Å². The Morgan fingerprint density at radius 2 is 2.10 bits per heavy atom. The molecule has 2 N–H and O–H groups in total. The van der Waals surface area contributed by atoms with Gasteiger partial charge in [0.05, 0.1) is 12.2 Å². The molecule has 1 aromatic rings. The summed E-state index contributed by atoms with van der Waals surface area (Å²) in [5.74, 6) is -0.363. The number of primary amides is 1. The van der Waals surface area contributed by atoms with Crippen LogP contribution in [0.5, 0.6) is 0 Å². The first-order valence-electron chi connectivity index (χ1n) is 7.35. The maximum atomic E-state index is 11.2. The van der Waals surface area contributed by atoms with E-state index in [-0.39, 0.29) is 5.91 Å². The van der Waals surface area contributed by atoms with E-state index in [2.05, 4.69) is 21.8 Å². The van der Waals surface area contributed by atoms with E-state index >= 15 is 0 Å². The van der Waals surface area contributed by atoms with E-state index in [1.807, 2.05) is 0 Å². The largest absolute Gasteiger partial charge is 0.365 e. The quantitative estimate of drug-likeness (QED) is 0.917. The van der Waals surface area contributed by atoms with Gasteiger partial charge in [-0.3, -0.25) is 9.69 Å². The minimum absolute atomic E-state index is 0.363. The number of hydrogen-bond acceptors (Lipinski definition) is 5. The molecular weight excluding hydrogens is 272 g/mol. The molecule has 110 valence electrons. The Hall–Kier alpha value is -0.980. The molecule has 1 amide bonds. The van der Waals surface area contributed by atoms with Crippen molar-refractivity contribution in [3.05, 3.63) is 16.1 Å². The number of carbonyl (C=O) groups excluding carboxylic acids is 1. The Labute approximate surface area is 123 Å². The molecule has 0 aromatic carbocycles. The zero-order chi connectivity index (χ0) is 14.1. The lowest BCUT2D eigenvalue weighted by atomic mass is 10.0. The second-order valence-electron chi connectivity index (χ2n) is 5.86. The van der Waals surface area contributed by atoms with Crippen LogP contribution in [0.3, 0.4) is 0 Å². The zero-order valence-electron chi connectivity index (χ0n) is 11.9. The van der Waals surface area contributed by atoms with E-state index in [4.69, 9.17) is 5.73 Å². The summed E-state index contributed by atoms with van der Waals surface area (Å²) in [5.41, 5.74) is 5.33. The van der Waals surface area contributed by atoms with Gasteiger partial charge >= 0.3 is 0 Å². The molecule has 0 spiro atoms. The molecule has 0 saturated carbocycles. The minimum Gasteiger partial charge on any atom is -0.365 e. The zero-order valence-corrected chi connectivity index (χ0v) is 12.7. The Morgan fingerprint density at radius 1 is 1.35 bits per heavy atom. The van der Waals surface area contributed by atoms with Crippen LogP contribution < -0.4 is 5.73 Å². The van der Waals surface area contributed by atoms with E-state index in [9.17, 15) is 4.79 Å². The molecule has 6 heteroatoms. The van der Waals surface area contributed by atoms with Crippen LogP contribution in [0.25, 0.3) is 0 Å². The van der Waals surface area contributed by atoms with Gasteiger partial charge < -0.3 is 10.6 Å². The fraction of sp³-hybridized carbons (Fsp3) is 0.714. The summed E-state index contributed by atoms with van der Waals surface area (Å²) in [6.45, 7) is 3.51. The highest BCUT2D eigenvalue weighted by atomic mass is 32.1. The topological polar surface area (TPSA) is 62.5 Å². The van der Waals surface area contributed by atoms with Gasteiger partial charge in [0.25, 0.3) is 5.91 Å². The van der Waals surface area contributed by atoms with Gasteiger partial charge in [-0.25, -0.2) is 4.98 Å². The van der Waals surface area contributed by atoms with Gasteiger partial charge in [-0.1, -0.05) is 0 Å². The van der Waals surface area contributed by atoms with Crippen LogP contribution in [0.2, 0.25) is 0 Å². The molecule has 2 aliphatic heterocycles. The van der Waals surface area contributed by atoms with Crippen molar-refractivity contribution in [3.63, 3.8) is 0 Å². The van der Waals surface area contributed by atoms with Gasteiger partial charge in [0.15, 0.2) is 0 Å². The lowest BCUT2D eigenvalue weighted by Gasteiger charge is -2.37. The van der Waals surface area contributed by atoms with Gasteiger partial charge in [0.2, 0.25) is 0 Å². The van der Waals surface area contributed by atoms with Crippen LogP contribution in [0.1, 0.15) is 46.4 Å². The molecule has 1 atom stereocenters. The average molecular weight is 294 g/mol. The van der Waals surface area contributed by atoms with Crippen molar-refractivity contribution in [1.29, 1.82) is 0 Å². The molecule has 0 unspecified atom stereocenters. The monoisotopic (exact) mass is 294 g/mol. The molecule has 0 bridgehead atoms. The molecule has 3 rings (SSSR count). The average Bonchev–Trinajstić information content (AvgIpc) is 3.08. The smallest absolute Gasteiger partial charge is 0.260 e. The third-order valence-corrected chi connectivity index (χ3v) is 5.62. The maximum Gasteiger partial charge on any atom is 0.260 e. The van der Waals surface area contributed by atoms with Crippen LogP contribution in [0, 0.1) is 0 Å². The number of piperidine rings is 1. The molecule has 2 aliphatic rings. The van der Waals surface area contributed by atoms with E-state index in [1.54, 1.807) is 6.20 Å². The molecule has 2 saturated heterocycles. The maximum absolute atomic E-state index is 11.2. The molecule has 5 nitrogen and oxygen atoms in total. The van der Waals surface area contributed by atoms with Crippen molar-refractivity contribution in [2.24, 2.45) is 5.73 Å². The van der Waals surface area contributed by atoms with E-state index in [1.165, 1.54) is 43.7 Å². The summed E-state index contributed by atoms with van der Waals surface area (Å²) in [6, 6.07) is 1.06. The minimum atomic E-state index is -0.363. The summed E-state index contributed by atoms with van der Waals surface area (Å²) < 4.78 is 0. The summed E-state index contributed by atoms with van der Waals surface area (Å²) in [4.78, 5) is 21.3. The van der Waals surface area contributed by atoms with E-state index in [0.717, 1.165) is 18.0 Å². The highest BCUT2D eigenvalue weighted by Gasteiger charge is 2.34. The first-order valence-corrected chi connectivity index (χ1v) is 8.16. The summed E-state index contributed by atoms with van der Waals surface area (Å²) in [5, 5.41) is 1.07. The Balaban J connectivity index is 1.73. The fourth-order valence-electron chi connectivity index (χ4n) is 3.37. The lowest BCUT2D eigenvalue weighted by Crippen LogP contribution is -2.43. The molecular formula is C14H22N4OS. The van der Waals surface area contributed by atoms with Crippen molar-refractivity contribution in [2.45, 2.75) is 37.8 Å². The lowest BCUT2D eigenvalue weighted by molar-refractivity contribution is 0.100. The molecule has 0 radical (unpaired) electrons. The van der Waals surface area contributed by atoms with Gasteiger partial charge in [-0.05, 0) is 52.4 Å². The number of nitrogens with zero attached hydrogens (tertiary/aromatic N) is 3. The third-order valence-electron chi connectivity index (χ3n) is 4.50.